The molecule has 0 aliphatic heterocycles. The van der Waals surface area contributed by atoms with Crippen LogP contribution < -0.4 is 10.1 Å². The molecule has 0 aromatic heterocycles. The highest BCUT2D eigenvalue weighted by molar-refractivity contribution is 7.81. The predicted molar refractivity (Wildman–Crippen MR) is 89.2 cm³/mol. The molecule has 2 rings (SSSR count). The van der Waals surface area contributed by atoms with Crippen LogP contribution in [0.1, 0.15) is 12.5 Å². The molecule has 1 amide bonds. The molecule has 0 heterocycles. The largest absolute Gasteiger partial charge is 0.492 e. The van der Waals surface area contributed by atoms with Crippen molar-refractivity contribution in [2.75, 3.05) is 11.9 Å². The lowest BCUT2D eigenvalue weighted by atomic mass is 10.1. The molecule has 1 atom stereocenters. The molecule has 4 heteroatoms. The summed E-state index contributed by atoms with van der Waals surface area (Å²) < 4.78 is 5.50. The van der Waals surface area contributed by atoms with Gasteiger partial charge >= 0.3 is 0 Å². The highest BCUT2D eigenvalue weighted by Crippen LogP contribution is 2.24. The standard InChI is InChI=1S/C17H19NO2S/c1-2-20-15-11-7-6-10-14(15)18-17(19)16(21)12-13-8-4-3-5-9-13/h3-11,16,21H,2,12H2,1H3,(H,18,19). The number of para-hydroxylation sites is 2. The maximum absolute atomic E-state index is 12.2. The lowest BCUT2D eigenvalue weighted by molar-refractivity contribution is -0.115. The van der Waals surface area contributed by atoms with Crippen LogP contribution >= 0.6 is 12.6 Å². The first kappa shape index (κ1) is 15.4. The second kappa shape index (κ2) is 7.74. The summed E-state index contributed by atoms with van der Waals surface area (Å²) in [7, 11) is 0. The number of hydrogen-bond donors (Lipinski definition) is 2. The van der Waals surface area contributed by atoms with E-state index in [1.54, 1.807) is 0 Å². The highest BCUT2D eigenvalue weighted by atomic mass is 32.1. The van der Waals surface area contributed by atoms with Crippen LogP contribution in [0.4, 0.5) is 5.69 Å². The molecule has 3 nitrogen and oxygen atoms in total. The highest BCUT2D eigenvalue weighted by Gasteiger charge is 2.16. The fraction of sp³-hybridized carbons (Fsp3) is 0.235. The number of carbonyl (C=O) groups excluding carboxylic acids is 1. The van der Waals surface area contributed by atoms with Crippen molar-refractivity contribution in [3.8, 4) is 5.75 Å². The number of amides is 1. The van der Waals surface area contributed by atoms with E-state index in [1.165, 1.54) is 0 Å². The van der Waals surface area contributed by atoms with Gasteiger partial charge < -0.3 is 10.1 Å². The van der Waals surface area contributed by atoms with E-state index in [2.05, 4.69) is 17.9 Å². The second-order valence-corrected chi connectivity index (χ2v) is 5.25. The monoisotopic (exact) mass is 301 g/mol. The van der Waals surface area contributed by atoms with Crippen LogP contribution in [0.15, 0.2) is 54.6 Å². The summed E-state index contributed by atoms with van der Waals surface area (Å²) in [6, 6.07) is 17.3. The SMILES string of the molecule is CCOc1ccccc1NC(=O)C(S)Cc1ccccc1. The summed E-state index contributed by atoms with van der Waals surface area (Å²) in [5.41, 5.74) is 1.77. The number of anilines is 1. The smallest absolute Gasteiger partial charge is 0.237 e. The quantitative estimate of drug-likeness (QED) is 0.801. The number of thiol groups is 1. The van der Waals surface area contributed by atoms with Crippen LogP contribution in [0, 0.1) is 0 Å². The Morgan fingerprint density at radius 1 is 1.14 bits per heavy atom. The molecule has 0 aliphatic rings. The minimum absolute atomic E-state index is 0.130. The number of benzene rings is 2. The van der Waals surface area contributed by atoms with Gasteiger partial charge in [-0.15, -0.1) is 0 Å². The normalized spacial score (nSPS) is 11.7. The fourth-order valence-electron chi connectivity index (χ4n) is 2.00. The second-order valence-electron chi connectivity index (χ2n) is 4.62. The number of hydrogen-bond acceptors (Lipinski definition) is 3. The average molecular weight is 301 g/mol. The molecule has 0 fully saturated rings. The zero-order chi connectivity index (χ0) is 15.1. The van der Waals surface area contributed by atoms with Crippen molar-refractivity contribution in [1.82, 2.24) is 0 Å². The molecule has 2 aromatic rings. The lowest BCUT2D eigenvalue weighted by Gasteiger charge is -2.14. The van der Waals surface area contributed by atoms with E-state index in [0.717, 1.165) is 5.56 Å². The molecule has 0 aliphatic carbocycles. The molecule has 1 N–H and O–H groups in total. The van der Waals surface area contributed by atoms with Crippen molar-refractivity contribution in [2.45, 2.75) is 18.6 Å². The summed E-state index contributed by atoms with van der Waals surface area (Å²) in [5, 5.41) is 2.47. The third-order valence-electron chi connectivity index (χ3n) is 3.02. The minimum Gasteiger partial charge on any atom is -0.492 e. The Bertz CT molecular complexity index is 586. The maximum Gasteiger partial charge on any atom is 0.237 e. The summed E-state index contributed by atoms with van der Waals surface area (Å²) >= 11 is 4.40. The third-order valence-corrected chi connectivity index (χ3v) is 3.44. The van der Waals surface area contributed by atoms with Gasteiger partial charge in [0.2, 0.25) is 5.91 Å². The van der Waals surface area contributed by atoms with E-state index >= 15 is 0 Å². The number of ether oxygens (including phenoxy) is 1. The first-order chi connectivity index (χ1) is 10.2. The maximum atomic E-state index is 12.2. The number of carbonyl (C=O) groups is 1. The van der Waals surface area contributed by atoms with Gasteiger partial charge in [-0.3, -0.25) is 4.79 Å². The van der Waals surface area contributed by atoms with Gasteiger partial charge in [0.25, 0.3) is 0 Å². The minimum atomic E-state index is -0.401. The van der Waals surface area contributed by atoms with Gasteiger partial charge in [0.1, 0.15) is 5.75 Å². The summed E-state index contributed by atoms with van der Waals surface area (Å²) in [4.78, 5) is 12.2. The van der Waals surface area contributed by atoms with E-state index in [0.29, 0.717) is 24.5 Å². The van der Waals surface area contributed by atoms with Gasteiger partial charge in [-0.2, -0.15) is 12.6 Å². The van der Waals surface area contributed by atoms with Crippen LogP contribution in [0.25, 0.3) is 0 Å². The molecule has 2 aromatic carbocycles. The molecule has 0 spiro atoms. The Morgan fingerprint density at radius 2 is 1.81 bits per heavy atom. The third kappa shape index (κ3) is 4.53. The number of rotatable bonds is 6. The van der Waals surface area contributed by atoms with Crippen LogP contribution in [0.5, 0.6) is 5.75 Å². The Labute approximate surface area is 130 Å². The van der Waals surface area contributed by atoms with Gasteiger partial charge in [-0.05, 0) is 31.0 Å². The summed E-state index contributed by atoms with van der Waals surface area (Å²) in [5.74, 6) is 0.544. The molecule has 21 heavy (non-hydrogen) atoms. The van der Waals surface area contributed by atoms with Gasteiger partial charge in [0, 0.05) is 0 Å². The van der Waals surface area contributed by atoms with E-state index in [4.69, 9.17) is 4.74 Å². The molecule has 1 unspecified atom stereocenters. The molecule has 0 radical (unpaired) electrons. The summed E-state index contributed by atoms with van der Waals surface area (Å²) in [6.45, 7) is 2.47. The molecule has 0 saturated carbocycles. The first-order valence-electron chi connectivity index (χ1n) is 6.95. The topological polar surface area (TPSA) is 38.3 Å². The van der Waals surface area contributed by atoms with Crippen molar-refractivity contribution >= 4 is 24.2 Å². The Morgan fingerprint density at radius 3 is 2.52 bits per heavy atom. The average Bonchev–Trinajstić information content (AvgIpc) is 2.50. The van der Waals surface area contributed by atoms with Gasteiger partial charge in [-0.1, -0.05) is 42.5 Å². The van der Waals surface area contributed by atoms with Crippen molar-refractivity contribution in [1.29, 1.82) is 0 Å². The van der Waals surface area contributed by atoms with E-state index in [9.17, 15) is 4.79 Å². The van der Waals surface area contributed by atoms with Gasteiger partial charge in [0.15, 0.2) is 0 Å². The van der Waals surface area contributed by atoms with Crippen molar-refractivity contribution in [3.63, 3.8) is 0 Å². The van der Waals surface area contributed by atoms with Crippen molar-refractivity contribution in [2.24, 2.45) is 0 Å². The lowest BCUT2D eigenvalue weighted by Crippen LogP contribution is -2.25. The molecule has 0 bridgehead atoms. The Hall–Kier alpha value is -1.94. The van der Waals surface area contributed by atoms with Crippen LogP contribution in [0.3, 0.4) is 0 Å². The molecule has 110 valence electrons. The van der Waals surface area contributed by atoms with Crippen LogP contribution in [0.2, 0.25) is 0 Å². The Balaban J connectivity index is 2.01. The Kier molecular flexibility index (Phi) is 5.69. The number of nitrogens with one attached hydrogen (secondary N) is 1. The van der Waals surface area contributed by atoms with Crippen molar-refractivity contribution < 1.29 is 9.53 Å². The van der Waals surface area contributed by atoms with E-state index < -0.39 is 5.25 Å². The fourth-order valence-corrected chi connectivity index (χ4v) is 2.27. The van der Waals surface area contributed by atoms with E-state index in [-0.39, 0.29) is 5.91 Å². The van der Waals surface area contributed by atoms with Crippen LogP contribution in [-0.2, 0) is 11.2 Å². The first-order valence-corrected chi connectivity index (χ1v) is 7.47. The van der Waals surface area contributed by atoms with Crippen molar-refractivity contribution in [3.05, 3.63) is 60.2 Å². The molecule has 0 saturated heterocycles. The predicted octanol–water partition coefficient (Wildman–Crippen LogP) is 3.56. The zero-order valence-electron chi connectivity index (χ0n) is 12.0. The molecular formula is C17H19NO2S. The molecular weight excluding hydrogens is 282 g/mol. The summed E-state index contributed by atoms with van der Waals surface area (Å²) in [6.07, 6.45) is 0.590. The zero-order valence-corrected chi connectivity index (χ0v) is 12.8. The van der Waals surface area contributed by atoms with Crippen LogP contribution in [-0.4, -0.2) is 17.8 Å². The van der Waals surface area contributed by atoms with Gasteiger partial charge in [-0.25, -0.2) is 0 Å². The van der Waals surface area contributed by atoms with Gasteiger partial charge in [0.05, 0.1) is 17.5 Å². The van der Waals surface area contributed by atoms with E-state index in [1.807, 2.05) is 61.5 Å².